The Morgan fingerprint density at radius 1 is 0.969 bits per heavy atom. The first kappa shape index (κ1) is 21.1. The average Bonchev–Trinajstić information content (AvgIpc) is 3.36. The molecule has 0 atom stereocenters. The second kappa shape index (κ2) is 8.92. The van der Waals surface area contributed by atoms with E-state index in [4.69, 9.17) is 19.9 Å². The summed E-state index contributed by atoms with van der Waals surface area (Å²) in [6, 6.07) is 9.25. The van der Waals surface area contributed by atoms with E-state index in [0.29, 0.717) is 41.3 Å². The fraction of sp³-hybridized carbons (Fsp3) is 0.286. The van der Waals surface area contributed by atoms with Gasteiger partial charge in [-0.25, -0.2) is 4.98 Å². The molecular weight excluding hydrogens is 412 g/mol. The predicted octanol–water partition coefficient (Wildman–Crippen LogP) is 1.87. The minimum Gasteiger partial charge on any atom is -0.493 e. The van der Waals surface area contributed by atoms with Crippen LogP contribution >= 0.6 is 0 Å². The maximum Gasteiger partial charge on any atom is 0.240 e. The Bertz CT molecular complexity index is 1230. The first-order valence-electron chi connectivity index (χ1n) is 9.85. The van der Waals surface area contributed by atoms with Gasteiger partial charge in [0.15, 0.2) is 17.3 Å². The van der Waals surface area contributed by atoms with Crippen LogP contribution in [-0.4, -0.2) is 48.7 Å². The molecule has 0 saturated heterocycles. The summed E-state index contributed by atoms with van der Waals surface area (Å²) in [7, 11) is 5.05. The van der Waals surface area contributed by atoms with Gasteiger partial charge in [0.05, 0.1) is 19.9 Å². The molecule has 166 valence electrons. The van der Waals surface area contributed by atoms with Crippen molar-refractivity contribution in [3.05, 3.63) is 59.4 Å². The van der Waals surface area contributed by atoms with Crippen LogP contribution in [0.3, 0.4) is 0 Å². The van der Waals surface area contributed by atoms with Gasteiger partial charge >= 0.3 is 0 Å². The van der Waals surface area contributed by atoms with Crippen LogP contribution in [0.1, 0.15) is 22.9 Å². The number of hydrogen-bond acceptors (Lipinski definition) is 9. The molecule has 0 saturated carbocycles. The number of benzene rings is 1. The molecule has 3 aromatic heterocycles. The van der Waals surface area contributed by atoms with Crippen molar-refractivity contribution in [2.45, 2.75) is 20.0 Å². The zero-order valence-corrected chi connectivity index (χ0v) is 18.3. The van der Waals surface area contributed by atoms with Gasteiger partial charge in [0, 0.05) is 25.7 Å². The van der Waals surface area contributed by atoms with E-state index in [1.165, 1.54) is 0 Å². The van der Waals surface area contributed by atoms with E-state index >= 15 is 0 Å². The van der Waals surface area contributed by atoms with Gasteiger partial charge in [0.1, 0.15) is 18.3 Å². The summed E-state index contributed by atoms with van der Waals surface area (Å²) >= 11 is 0. The summed E-state index contributed by atoms with van der Waals surface area (Å²) < 4.78 is 19.8. The van der Waals surface area contributed by atoms with Gasteiger partial charge < -0.3 is 19.9 Å². The second-order valence-electron chi connectivity index (χ2n) is 7.05. The lowest BCUT2D eigenvalue weighted by Crippen LogP contribution is -2.09. The third-order valence-electron chi connectivity index (χ3n) is 4.66. The molecule has 3 heterocycles. The second-order valence-corrected chi connectivity index (χ2v) is 7.05. The Kier molecular flexibility index (Phi) is 5.88. The highest BCUT2D eigenvalue weighted by molar-refractivity contribution is 5.44. The van der Waals surface area contributed by atoms with E-state index in [1.807, 2.05) is 37.5 Å². The molecule has 0 amide bonds. The van der Waals surface area contributed by atoms with Gasteiger partial charge in [-0.05, 0) is 30.7 Å². The smallest absolute Gasteiger partial charge is 0.240 e. The van der Waals surface area contributed by atoms with Crippen molar-refractivity contribution in [3.8, 4) is 23.2 Å². The van der Waals surface area contributed by atoms with Gasteiger partial charge in [-0.3, -0.25) is 4.68 Å². The highest BCUT2D eigenvalue weighted by Gasteiger charge is 2.15. The number of nitrogen functional groups attached to an aromatic ring is 1. The average molecular weight is 436 g/mol. The van der Waals surface area contributed by atoms with Gasteiger partial charge in [-0.15, -0.1) is 5.10 Å². The van der Waals surface area contributed by atoms with Crippen LogP contribution < -0.4 is 19.9 Å². The van der Waals surface area contributed by atoms with Gasteiger partial charge in [0.25, 0.3) is 0 Å². The molecule has 32 heavy (non-hydrogen) atoms. The molecule has 4 aromatic rings. The molecule has 0 aliphatic heterocycles. The molecule has 1 aromatic carbocycles. The van der Waals surface area contributed by atoms with Crippen LogP contribution in [0.5, 0.6) is 17.4 Å². The molecule has 0 bridgehead atoms. The van der Waals surface area contributed by atoms with Gasteiger partial charge in [0.2, 0.25) is 11.8 Å². The number of aromatic nitrogens is 7. The van der Waals surface area contributed by atoms with Gasteiger partial charge in [-0.2, -0.15) is 19.7 Å². The number of methoxy groups -OCH3 is 2. The first-order valence-corrected chi connectivity index (χ1v) is 9.85. The SMILES string of the molecule is COc1ccc(Cc2nc(N)nn2-c2cc(OCc3ccn(C)n3)nc(C)n2)cc1OC. The maximum atomic E-state index is 5.91. The van der Waals surface area contributed by atoms with Crippen molar-refractivity contribution in [3.63, 3.8) is 0 Å². The number of nitrogens with two attached hydrogens (primary N) is 1. The number of rotatable bonds is 8. The lowest BCUT2D eigenvalue weighted by Gasteiger charge is -2.11. The topological polar surface area (TPSA) is 128 Å². The third kappa shape index (κ3) is 4.61. The molecule has 0 fully saturated rings. The standard InChI is InChI=1S/C21H24N8O3/c1-13-23-19(11-20(24-13)32-12-15-7-8-28(2)26-15)29-18(25-21(22)27-29)10-14-5-6-16(30-3)17(9-14)31-4/h5-9,11H,10,12H2,1-4H3,(H2,22,27). The minimum absolute atomic E-state index is 0.146. The normalized spacial score (nSPS) is 10.9. The number of nitrogens with zero attached hydrogens (tertiary/aromatic N) is 7. The van der Waals surface area contributed by atoms with Crippen LogP contribution in [0.15, 0.2) is 36.5 Å². The van der Waals surface area contributed by atoms with Crippen molar-refractivity contribution < 1.29 is 14.2 Å². The number of hydrogen-bond donors (Lipinski definition) is 1. The van der Waals surface area contributed by atoms with Crippen molar-refractivity contribution in [1.82, 2.24) is 34.5 Å². The highest BCUT2D eigenvalue weighted by atomic mass is 16.5. The zero-order valence-electron chi connectivity index (χ0n) is 18.3. The van der Waals surface area contributed by atoms with E-state index in [1.54, 1.807) is 36.6 Å². The van der Waals surface area contributed by atoms with Crippen molar-refractivity contribution in [2.24, 2.45) is 7.05 Å². The van der Waals surface area contributed by atoms with Crippen LogP contribution in [0.25, 0.3) is 5.82 Å². The molecule has 0 aliphatic rings. The Hall–Kier alpha value is -4.15. The Morgan fingerprint density at radius 2 is 1.78 bits per heavy atom. The summed E-state index contributed by atoms with van der Waals surface area (Å²) in [5, 5.41) is 8.63. The summed E-state index contributed by atoms with van der Waals surface area (Å²) in [5.41, 5.74) is 7.66. The van der Waals surface area contributed by atoms with Crippen LogP contribution in [-0.2, 0) is 20.1 Å². The van der Waals surface area contributed by atoms with Crippen LogP contribution in [0.4, 0.5) is 5.95 Å². The van der Waals surface area contributed by atoms with E-state index < -0.39 is 0 Å². The number of anilines is 1. The lowest BCUT2D eigenvalue weighted by molar-refractivity contribution is 0.286. The third-order valence-corrected chi connectivity index (χ3v) is 4.66. The molecule has 0 aliphatic carbocycles. The molecule has 0 spiro atoms. The fourth-order valence-electron chi connectivity index (χ4n) is 3.23. The molecular formula is C21H24N8O3. The van der Waals surface area contributed by atoms with Crippen LogP contribution in [0.2, 0.25) is 0 Å². The fourth-order valence-corrected chi connectivity index (χ4v) is 3.23. The minimum atomic E-state index is 0.146. The molecule has 11 heteroatoms. The lowest BCUT2D eigenvalue weighted by atomic mass is 10.1. The molecule has 0 unspecified atom stereocenters. The number of ether oxygens (including phenoxy) is 3. The van der Waals surface area contributed by atoms with E-state index in [9.17, 15) is 0 Å². The van der Waals surface area contributed by atoms with Gasteiger partial charge in [-0.1, -0.05) is 6.07 Å². The summed E-state index contributed by atoms with van der Waals surface area (Å²) in [6.07, 6.45) is 2.31. The monoisotopic (exact) mass is 436 g/mol. The maximum absolute atomic E-state index is 5.91. The Balaban J connectivity index is 1.61. The Labute approximate surface area is 184 Å². The highest BCUT2D eigenvalue weighted by Crippen LogP contribution is 2.28. The summed E-state index contributed by atoms with van der Waals surface area (Å²) in [5.74, 6) is 3.49. The quantitative estimate of drug-likeness (QED) is 0.440. The zero-order chi connectivity index (χ0) is 22.7. The largest absolute Gasteiger partial charge is 0.493 e. The molecule has 0 radical (unpaired) electrons. The van der Waals surface area contributed by atoms with Crippen molar-refractivity contribution >= 4 is 5.95 Å². The molecule has 2 N–H and O–H groups in total. The molecule has 4 rings (SSSR count). The van der Waals surface area contributed by atoms with Crippen molar-refractivity contribution in [1.29, 1.82) is 0 Å². The van der Waals surface area contributed by atoms with Crippen LogP contribution in [0, 0.1) is 6.92 Å². The Morgan fingerprint density at radius 3 is 2.50 bits per heavy atom. The van der Waals surface area contributed by atoms with E-state index in [-0.39, 0.29) is 12.6 Å². The first-order chi connectivity index (χ1) is 15.4. The van der Waals surface area contributed by atoms with E-state index in [2.05, 4.69) is 25.1 Å². The summed E-state index contributed by atoms with van der Waals surface area (Å²) in [6.45, 7) is 2.07. The van der Waals surface area contributed by atoms with E-state index in [0.717, 1.165) is 11.3 Å². The number of aryl methyl sites for hydroxylation is 2. The van der Waals surface area contributed by atoms with Crippen molar-refractivity contribution in [2.75, 3.05) is 20.0 Å². The predicted molar refractivity (Wildman–Crippen MR) is 116 cm³/mol. The summed E-state index contributed by atoms with van der Waals surface area (Å²) in [4.78, 5) is 13.2. The molecule has 11 nitrogen and oxygen atoms in total.